The van der Waals surface area contributed by atoms with Crippen LogP contribution in [0.2, 0.25) is 0 Å². The van der Waals surface area contributed by atoms with E-state index >= 15 is 0 Å². The summed E-state index contributed by atoms with van der Waals surface area (Å²) in [6, 6.07) is 7.75. The fourth-order valence-corrected chi connectivity index (χ4v) is 2.15. The van der Waals surface area contributed by atoms with Crippen molar-refractivity contribution in [1.29, 1.82) is 0 Å². The second-order valence-electron chi connectivity index (χ2n) is 3.92. The van der Waals surface area contributed by atoms with Crippen molar-refractivity contribution in [2.75, 3.05) is 5.32 Å². The van der Waals surface area contributed by atoms with Crippen molar-refractivity contribution >= 4 is 38.2 Å². The van der Waals surface area contributed by atoms with Crippen molar-refractivity contribution in [3.8, 4) is 0 Å². The van der Waals surface area contributed by atoms with Gasteiger partial charge in [0, 0.05) is 28.9 Å². The summed E-state index contributed by atoms with van der Waals surface area (Å²) < 4.78 is 0.376. The average molecular weight is 317 g/mol. The van der Waals surface area contributed by atoms with Gasteiger partial charge in [0.25, 0.3) is 5.56 Å². The lowest BCUT2D eigenvalue weighted by Crippen LogP contribution is -2.10. The Morgan fingerprint density at radius 1 is 1.26 bits per heavy atom. The van der Waals surface area contributed by atoms with Gasteiger partial charge in [0.15, 0.2) is 5.82 Å². The number of H-pyrrole nitrogens is 1. The summed E-state index contributed by atoms with van der Waals surface area (Å²) in [7, 11) is 0. The summed E-state index contributed by atoms with van der Waals surface area (Å²) in [5, 5.41) is 5.19. The van der Waals surface area contributed by atoms with Crippen LogP contribution >= 0.6 is 15.9 Å². The fraction of sp³-hybridized carbons (Fsp3) is 0. The Bertz CT molecular complexity index is 795. The number of benzene rings is 1. The summed E-state index contributed by atoms with van der Waals surface area (Å²) in [4.78, 5) is 22.2. The van der Waals surface area contributed by atoms with Crippen LogP contribution in [0.1, 0.15) is 0 Å². The first kappa shape index (κ1) is 11.9. The second-order valence-corrected chi connectivity index (χ2v) is 4.71. The minimum atomic E-state index is -0.223. The standard InChI is InChI=1S/C13H9BrN4O/c14-11-12(16-7-17-13(11)19)18-10-3-1-2-8-6-15-5-4-9(8)10/h1-7H,(H2,16,17,18,19). The van der Waals surface area contributed by atoms with E-state index in [0.29, 0.717) is 10.3 Å². The van der Waals surface area contributed by atoms with Crippen LogP contribution in [-0.2, 0) is 0 Å². The van der Waals surface area contributed by atoms with Gasteiger partial charge in [-0.1, -0.05) is 12.1 Å². The van der Waals surface area contributed by atoms with Crippen LogP contribution in [-0.4, -0.2) is 15.0 Å². The molecule has 0 amide bonds. The third-order valence-electron chi connectivity index (χ3n) is 2.73. The van der Waals surface area contributed by atoms with Crippen molar-refractivity contribution in [2.45, 2.75) is 0 Å². The molecule has 2 heterocycles. The van der Waals surface area contributed by atoms with Gasteiger partial charge in [0.1, 0.15) is 4.47 Å². The molecule has 94 valence electrons. The largest absolute Gasteiger partial charge is 0.339 e. The van der Waals surface area contributed by atoms with E-state index in [1.807, 2.05) is 24.3 Å². The number of aromatic nitrogens is 3. The summed E-state index contributed by atoms with van der Waals surface area (Å²) in [5.74, 6) is 0.480. The molecule has 2 aromatic heterocycles. The van der Waals surface area contributed by atoms with Crippen LogP contribution in [0.5, 0.6) is 0 Å². The average Bonchev–Trinajstić information content (AvgIpc) is 2.44. The molecule has 0 unspecified atom stereocenters. The van der Waals surface area contributed by atoms with E-state index < -0.39 is 0 Å². The number of pyridine rings is 1. The number of hydrogen-bond donors (Lipinski definition) is 2. The number of aromatic amines is 1. The highest BCUT2D eigenvalue weighted by Gasteiger charge is 2.07. The molecule has 0 saturated carbocycles. The van der Waals surface area contributed by atoms with E-state index in [4.69, 9.17) is 0 Å². The Morgan fingerprint density at radius 3 is 3.05 bits per heavy atom. The zero-order valence-electron chi connectivity index (χ0n) is 9.72. The van der Waals surface area contributed by atoms with Gasteiger partial charge in [-0.15, -0.1) is 0 Å². The van der Waals surface area contributed by atoms with Crippen LogP contribution in [0.4, 0.5) is 11.5 Å². The fourth-order valence-electron chi connectivity index (χ4n) is 1.83. The first-order valence-corrected chi connectivity index (χ1v) is 6.38. The molecule has 19 heavy (non-hydrogen) atoms. The lowest BCUT2D eigenvalue weighted by molar-refractivity contribution is 1.10. The Hall–Kier alpha value is -2.21. The zero-order chi connectivity index (χ0) is 13.2. The highest BCUT2D eigenvalue weighted by atomic mass is 79.9. The minimum absolute atomic E-state index is 0.223. The summed E-state index contributed by atoms with van der Waals surface area (Å²) >= 11 is 3.22. The number of nitrogens with zero attached hydrogens (tertiary/aromatic N) is 2. The number of fused-ring (bicyclic) bond motifs is 1. The molecule has 1 aromatic carbocycles. The number of rotatable bonds is 2. The van der Waals surface area contributed by atoms with Gasteiger partial charge in [-0.2, -0.15) is 0 Å². The van der Waals surface area contributed by atoms with Gasteiger partial charge in [0.2, 0.25) is 0 Å². The molecule has 0 radical (unpaired) electrons. The summed E-state index contributed by atoms with van der Waals surface area (Å²) in [5.41, 5.74) is 0.651. The van der Waals surface area contributed by atoms with Crippen LogP contribution in [0.25, 0.3) is 10.8 Å². The third kappa shape index (κ3) is 2.22. The summed E-state index contributed by atoms with van der Waals surface area (Å²) in [6.45, 7) is 0. The Morgan fingerprint density at radius 2 is 2.16 bits per heavy atom. The smallest absolute Gasteiger partial charge is 0.267 e. The second kappa shape index (κ2) is 4.81. The minimum Gasteiger partial charge on any atom is -0.339 e. The van der Waals surface area contributed by atoms with Gasteiger partial charge in [0.05, 0.1) is 6.33 Å². The molecule has 0 saturated heterocycles. The molecule has 2 N–H and O–H groups in total. The highest BCUT2D eigenvalue weighted by Crippen LogP contribution is 2.26. The zero-order valence-corrected chi connectivity index (χ0v) is 11.3. The molecule has 3 rings (SSSR count). The summed E-state index contributed by atoms with van der Waals surface area (Å²) in [6.07, 6.45) is 4.89. The van der Waals surface area contributed by atoms with E-state index in [9.17, 15) is 4.79 Å². The molecule has 0 aliphatic heterocycles. The maximum atomic E-state index is 11.5. The van der Waals surface area contributed by atoms with Gasteiger partial charge < -0.3 is 10.3 Å². The number of halogens is 1. The van der Waals surface area contributed by atoms with Crippen molar-refractivity contribution in [2.24, 2.45) is 0 Å². The maximum Gasteiger partial charge on any atom is 0.267 e. The monoisotopic (exact) mass is 316 g/mol. The molecule has 0 spiro atoms. The van der Waals surface area contributed by atoms with Gasteiger partial charge in [-0.3, -0.25) is 9.78 Å². The van der Waals surface area contributed by atoms with Gasteiger partial charge in [-0.25, -0.2) is 4.98 Å². The number of anilines is 2. The molecule has 0 bridgehead atoms. The SMILES string of the molecule is O=c1[nH]cnc(Nc2cccc3cnccc23)c1Br. The predicted molar refractivity (Wildman–Crippen MR) is 77.6 cm³/mol. The van der Waals surface area contributed by atoms with Crippen LogP contribution < -0.4 is 10.9 Å². The lowest BCUT2D eigenvalue weighted by Gasteiger charge is -2.09. The first-order valence-electron chi connectivity index (χ1n) is 5.58. The first-order chi connectivity index (χ1) is 9.25. The van der Waals surface area contributed by atoms with Crippen molar-refractivity contribution in [3.63, 3.8) is 0 Å². The van der Waals surface area contributed by atoms with E-state index in [1.165, 1.54) is 6.33 Å². The van der Waals surface area contributed by atoms with Crippen LogP contribution in [0.3, 0.4) is 0 Å². The Kier molecular flexibility index (Phi) is 3.00. The molecular formula is C13H9BrN4O. The predicted octanol–water partition coefficient (Wildman–Crippen LogP) is 2.82. The molecular weight excluding hydrogens is 308 g/mol. The van der Waals surface area contributed by atoms with Gasteiger partial charge in [-0.05, 0) is 28.1 Å². The van der Waals surface area contributed by atoms with Crippen molar-refractivity contribution in [1.82, 2.24) is 15.0 Å². The van der Waals surface area contributed by atoms with Crippen molar-refractivity contribution < 1.29 is 0 Å². The van der Waals surface area contributed by atoms with E-state index in [1.54, 1.807) is 12.4 Å². The molecule has 0 aliphatic rings. The normalized spacial score (nSPS) is 10.6. The molecule has 5 nitrogen and oxygen atoms in total. The topological polar surface area (TPSA) is 70.7 Å². The molecule has 0 aliphatic carbocycles. The number of hydrogen-bond acceptors (Lipinski definition) is 4. The quantitative estimate of drug-likeness (QED) is 0.762. The van der Waals surface area contributed by atoms with Crippen molar-refractivity contribution in [3.05, 3.63) is 57.8 Å². The van der Waals surface area contributed by atoms with Crippen LogP contribution in [0.15, 0.2) is 52.3 Å². The molecule has 0 atom stereocenters. The maximum absolute atomic E-state index is 11.5. The highest BCUT2D eigenvalue weighted by molar-refractivity contribution is 9.10. The number of nitrogens with one attached hydrogen (secondary N) is 2. The Balaban J connectivity index is 2.11. The molecule has 3 aromatic rings. The van der Waals surface area contributed by atoms with E-state index in [0.717, 1.165) is 16.5 Å². The van der Waals surface area contributed by atoms with Crippen LogP contribution in [0, 0.1) is 0 Å². The molecule has 6 heteroatoms. The van der Waals surface area contributed by atoms with E-state index in [2.05, 4.69) is 36.2 Å². The van der Waals surface area contributed by atoms with Gasteiger partial charge >= 0.3 is 0 Å². The molecule has 0 fully saturated rings. The third-order valence-corrected chi connectivity index (χ3v) is 3.47. The Labute approximate surface area is 116 Å². The van der Waals surface area contributed by atoms with E-state index in [-0.39, 0.29) is 5.56 Å². The lowest BCUT2D eigenvalue weighted by atomic mass is 10.1.